The lowest BCUT2D eigenvalue weighted by Gasteiger charge is -2.11. The highest BCUT2D eigenvalue weighted by atomic mass is 35.5. The van der Waals surface area contributed by atoms with Crippen molar-refractivity contribution in [2.45, 2.75) is 13.8 Å². The van der Waals surface area contributed by atoms with E-state index in [1.807, 2.05) is 86.7 Å². The topological polar surface area (TPSA) is 29.1 Å². The number of nitrogens with one attached hydrogen (secondary N) is 1. The molecule has 0 heterocycles. The quantitative estimate of drug-likeness (QED) is 0.439. The maximum atomic E-state index is 13.0. The Labute approximate surface area is 159 Å². The zero-order chi connectivity index (χ0) is 18.5. The van der Waals surface area contributed by atoms with Gasteiger partial charge in [0.05, 0.1) is 0 Å². The number of benzene rings is 3. The summed E-state index contributed by atoms with van der Waals surface area (Å²) in [5, 5.41) is 3.62. The molecular formula is C23H20ClNO. The number of rotatable bonds is 4. The van der Waals surface area contributed by atoms with Crippen LogP contribution in [0, 0.1) is 13.8 Å². The highest BCUT2D eigenvalue weighted by Gasteiger charge is 2.13. The average molecular weight is 362 g/mol. The first-order valence-corrected chi connectivity index (χ1v) is 8.82. The minimum atomic E-state index is -0.166. The molecule has 2 nitrogen and oxygen atoms in total. The van der Waals surface area contributed by atoms with Crippen LogP contribution in [0.2, 0.25) is 5.02 Å². The van der Waals surface area contributed by atoms with Crippen molar-refractivity contribution in [3.8, 4) is 0 Å². The third-order valence-electron chi connectivity index (χ3n) is 4.01. The predicted octanol–water partition coefficient (Wildman–Crippen LogP) is 6.14. The van der Waals surface area contributed by atoms with Gasteiger partial charge in [0.2, 0.25) is 0 Å². The molecule has 3 aromatic carbocycles. The normalized spacial score (nSPS) is 11.3. The van der Waals surface area contributed by atoms with Gasteiger partial charge in [0.25, 0.3) is 5.91 Å². The van der Waals surface area contributed by atoms with Crippen LogP contribution in [0.15, 0.2) is 72.8 Å². The Hall–Kier alpha value is -2.84. The van der Waals surface area contributed by atoms with E-state index in [1.54, 1.807) is 0 Å². The minimum absolute atomic E-state index is 0.166. The molecule has 3 aromatic rings. The SMILES string of the molecule is Cc1cc(C)cc(NC(=O)/C(=C/c2ccccc2Cl)c2ccccc2)c1. The summed E-state index contributed by atoms with van der Waals surface area (Å²) in [4.78, 5) is 13.0. The number of carbonyl (C=O) groups excluding carboxylic acids is 1. The van der Waals surface area contributed by atoms with Gasteiger partial charge in [-0.25, -0.2) is 0 Å². The molecule has 0 bridgehead atoms. The van der Waals surface area contributed by atoms with Crippen LogP contribution in [-0.2, 0) is 4.79 Å². The van der Waals surface area contributed by atoms with Crippen LogP contribution >= 0.6 is 11.6 Å². The lowest BCUT2D eigenvalue weighted by atomic mass is 10.0. The van der Waals surface area contributed by atoms with Gasteiger partial charge in [0.1, 0.15) is 0 Å². The molecule has 0 saturated heterocycles. The first-order chi connectivity index (χ1) is 12.5. The summed E-state index contributed by atoms with van der Waals surface area (Å²) in [5.74, 6) is -0.166. The first-order valence-electron chi connectivity index (χ1n) is 8.44. The molecule has 0 aliphatic heterocycles. The molecule has 0 saturated carbocycles. The number of aryl methyl sites for hydroxylation is 2. The number of hydrogen-bond acceptors (Lipinski definition) is 1. The Kier molecular flexibility index (Phi) is 5.55. The monoisotopic (exact) mass is 361 g/mol. The molecule has 0 fully saturated rings. The van der Waals surface area contributed by atoms with Crippen molar-refractivity contribution in [1.82, 2.24) is 0 Å². The fourth-order valence-electron chi connectivity index (χ4n) is 2.89. The summed E-state index contributed by atoms with van der Waals surface area (Å²) in [6.07, 6.45) is 1.83. The van der Waals surface area contributed by atoms with Crippen molar-refractivity contribution in [1.29, 1.82) is 0 Å². The lowest BCUT2D eigenvalue weighted by molar-refractivity contribution is -0.111. The molecule has 1 N–H and O–H groups in total. The van der Waals surface area contributed by atoms with Gasteiger partial charge in [0, 0.05) is 16.3 Å². The van der Waals surface area contributed by atoms with E-state index in [0.717, 1.165) is 27.9 Å². The lowest BCUT2D eigenvalue weighted by Crippen LogP contribution is -2.14. The van der Waals surface area contributed by atoms with Crippen molar-refractivity contribution in [2.24, 2.45) is 0 Å². The second kappa shape index (κ2) is 8.03. The summed E-state index contributed by atoms with van der Waals surface area (Å²) in [7, 11) is 0. The summed E-state index contributed by atoms with van der Waals surface area (Å²) in [6, 6.07) is 23.1. The number of amides is 1. The molecule has 3 heteroatoms. The van der Waals surface area contributed by atoms with E-state index < -0.39 is 0 Å². The molecule has 0 unspecified atom stereocenters. The van der Waals surface area contributed by atoms with E-state index >= 15 is 0 Å². The standard InChI is InChI=1S/C23H20ClNO/c1-16-12-17(2)14-20(13-16)25-23(26)21(18-8-4-3-5-9-18)15-19-10-6-7-11-22(19)24/h3-15H,1-2H3,(H,25,26)/b21-15+. The van der Waals surface area contributed by atoms with E-state index in [2.05, 4.69) is 11.4 Å². The highest BCUT2D eigenvalue weighted by molar-refractivity contribution is 6.34. The molecule has 1 amide bonds. The number of halogens is 1. The molecular weight excluding hydrogens is 342 g/mol. The second-order valence-electron chi connectivity index (χ2n) is 6.28. The van der Waals surface area contributed by atoms with E-state index in [1.165, 1.54) is 0 Å². The van der Waals surface area contributed by atoms with E-state index in [4.69, 9.17) is 11.6 Å². The molecule has 0 aliphatic rings. The summed E-state index contributed by atoms with van der Waals surface area (Å²) in [6.45, 7) is 4.03. The molecule has 0 radical (unpaired) electrons. The van der Waals surface area contributed by atoms with Crippen molar-refractivity contribution < 1.29 is 4.79 Å². The number of carbonyl (C=O) groups is 1. The molecule has 26 heavy (non-hydrogen) atoms. The smallest absolute Gasteiger partial charge is 0.256 e. The van der Waals surface area contributed by atoms with Crippen molar-refractivity contribution in [3.05, 3.63) is 100 Å². The molecule has 130 valence electrons. The van der Waals surface area contributed by atoms with Crippen LogP contribution in [0.3, 0.4) is 0 Å². The molecule has 3 rings (SSSR count). The maximum Gasteiger partial charge on any atom is 0.256 e. The fraction of sp³-hybridized carbons (Fsp3) is 0.0870. The Balaban J connectivity index is 2.00. The van der Waals surface area contributed by atoms with Crippen LogP contribution in [-0.4, -0.2) is 5.91 Å². The molecule has 0 atom stereocenters. The summed E-state index contributed by atoms with van der Waals surface area (Å²) < 4.78 is 0. The van der Waals surface area contributed by atoms with Gasteiger partial charge in [-0.15, -0.1) is 0 Å². The Morgan fingerprint density at radius 2 is 1.50 bits per heavy atom. The third-order valence-corrected chi connectivity index (χ3v) is 4.36. The van der Waals surface area contributed by atoms with Gasteiger partial charge in [-0.1, -0.05) is 66.2 Å². The molecule has 0 aromatic heterocycles. The van der Waals surface area contributed by atoms with E-state index in [0.29, 0.717) is 10.6 Å². The Bertz CT molecular complexity index is 941. The third kappa shape index (κ3) is 4.41. The first kappa shape index (κ1) is 18.0. The van der Waals surface area contributed by atoms with Crippen LogP contribution in [0.25, 0.3) is 11.6 Å². The van der Waals surface area contributed by atoms with Crippen LogP contribution in [0.1, 0.15) is 22.3 Å². The highest BCUT2D eigenvalue weighted by Crippen LogP contribution is 2.25. The van der Waals surface area contributed by atoms with Gasteiger partial charge < -0.3 is 5.32 Å². The zero-order valence-corrected chi connectivity index (χ0v) is 15.5. The second-order valence-corrected chi connectivity index (χ2v) is 6.68. The molecule has 0 spiro atoms. The molecule has 0 aliphatic carbocycles. The van der Waals surface area contributed by atoms with Crippen molar-refractivity contribution in [2.75, 3.05) is 5.32 Å². The van der Waals surface area contributed by atoms with Crippen LogP contribution < -0.4 is 5.32 Å². The average Bonchev–Trinajstić information content (AvgIpc) is 2.60. The van der Waals surface area contributed by atoms with Gasteiger partial charge in [0.15, 0.2) is 0 Å². The fourth-order valence-corrected chi connectivity index (χ4v) is 3.08. The number of anilines is 1. The maximum absolute atomic E-state index is 13.0. The van der Waals surface area contributed by atoms with Gasteiger partial charge >= 0.3 is 0 Å². The van der Waals surface area contributed by atoms with E-state index in [-0.39, 0.29) is 5.91 Å². The van der Waals surface area contributed by atoms with Crippen molar-refractivity contribution in [3.63, 3.8) is 0 Å². The van der Waals surface area contributed by atoms with E-state index in [9.17, 15) is 4.79 Å². The van der Waals surface area contributed by atoms with Gasteiger partial charge in [-0.3, -0.25) is 4.79 Å². The van der Waals surface area contributed by atoms with Crippen LogP contribution in [0.5, 0.6) is 0 Å². The Morgan fingerprint density at radius 1 is 0.885 bits per heavy atom. The predicted molar refractivity (Wildman–Crippen MR) is 110 cm³/mol. The van der Waals surface area contributed by atoms with Crippen LogP contribution in [0.4, 0.5) is 5.69 Å². The summed E-state index contributed by atoms with van der Waals surface area (Å²) in [5.41, 5.74) is 5.22. The summed E-state index contributed by atoms with van der Waals surface area (Å²) >= 11 is 6.29. The van der Waals surface area contributed by atoms with Gasteiger partial charge in [-0.2, -0.15) is 0 Å². The minimum Gasteiger partial charge on any atom is -0.322 e. The largest absolute Gasteiger partial charge is 0.322 e. The van der Waals surface area contributed by atoms with Crippen molar-refractivity contribution >= 4 is 34.8 Å². The van der Waals surface area contributed by atoms with Gasteiger partial charge in [-0.05, 0) is 60.4 Å². The number of hydrogen-bond donors (Lipinski definition) is 1. The Morgan fingerprint density at radius 3 is 2.15 bits per heavy atom. The zero-order valence-electron chi connectivity index (χ0n) is 14.8.